The van der Waals surface area contributed by atoms with E-state index >= 15 is 0 Å². The Kier molecular flexibility index (Phi) is 15.1. The number of hydrogen-bond donors (Lipinski definition) is 6. The first-order valence-electron chi connectivity index (χ1n) is 19.4. The number of aromatic amines is 1. The van der Waals surface area contributed by atoms with Crippen LogP contribution >= 0.6 is 0 Å². The summed E-state index contributed by atoms with van der Waals surface area (Å²) in [5, 5.41) is 39.5. The Morgan fingerprint density at radius 1 is 0.917 bits per heavy atom. The van der Waals surface area contributed by atoms with Gasteiger partial charge in [0.25, 0.3) is 0 Å². The van der Waals surface area contributed by atoms with Gasteiger partial charge < -0.3 is 45.0 Å². The normalized spacial score (nSPS) is 14.4. The second-order valence-electron chi connectivity index (χ2n) is 15.2. The zero-order valence-electron chi connectivity index (χ0n) is 33.2. The SMILES string of the molecule is C[N+]1(C)CCC(OC(=O)Nc2ccc(CCCC(=O)Nc3ccc(CNC[C@H](O)c4ccc(O)c5[nH]c(=O)ccc45)cc3)cc2-c2ccccc2)CC1.O=C([O-])C(F)(F)F. The van der Waals surface area contributed by atoms with E-state index in [0.29, 0.717) is 53.6 Å². The van der Waals surface area contributed by atoms with Gasteiger partial charge in [0.05, 0.1) is 44.5 Å². The lowest BCUT2D eigenvalue weighted by atomic mass is 9.98. The number of piperidine rings is 1. The van der Waals surface area contributed by atoms with Gasteiger partial charge in [-0.15, -0.1) is 0 Å². The van der Waals surface area contributed by atoms with Gasteiger partial charge in [0.1, 0.15) is 17.8 Å². The number of ether oxygens (including phenoxy) is 1. The van der Waals surface area contributed by atoms with Gasteiger partial charge in [0.2, 0.25) is 11.5 Å². The lowest BCUT2D eigenvalue weighted by Crippen LogP contribution is -2.48. The van der Waals surface area contributed by atoms with Gasteiger partial charge in [-0.25, -0.2) is 4.79 Å². The first-order chi connectivity index (χ1) is 28.5. The molecule has 1 aliphatic heterocycles. The third kappa shape index (κ3) is 13.1. The van der Waals surface area contributed by atoms with Gasteiger partial charge in [-0.05, 0) is 71.5 Å². The number of halogens is 3. The van der Waals surface area contributed by atoms with E-state index in [9.17, 15) is 37.8 Å². The molecule has 13 nitrogen and oxygen atoms in total. The van der Waals surface area contributed by atoms with Gasteiger partial charge in [-0.2, -0.15) is 13.2 Å². The number of fused-ring (bicyclic) bond motifs is 1. The number of likely N-dealkylation sites (tertiary alicyclic amines) is 1. The summed E-state index contributed by atoms with van der Waals surface area (Å²) in [6.07, 6.45) is -3.17. The zero-order valence-corrected chi connectivity index (χ0v) is 33.2. The topological polar surface area (TPSA) is 193 Å². The number of phenolic OH excluding ortho intramolecular Hbond substituents is 1. The molecule has 60 heavy (non-hydrogen) atoms. The number of nitrogens with zero attached hydrogens (tertiary/aromatic N) is 1. The van der Waals surface area contributed by atoms with Crippen LogP contribution in [0.25, 0.3) is 22.0 Å². The molecule has 16 heteroatoms. The lowest BCUT2D eigenvalue weighted by molar-refractivity contribution is -0.896. The van der Waals surface area contributed by atoms with Crippen LogP contribution < -0.4 is 26.6 Å². The lowest BCUT2D eigenvalue weighted by Gasteiger charge is -2.36. The predicted molar refractivity (Wildman–Crippen MR) is 219 cm³/mol. The van der Waals surface area contributed by atoms with Crippen molar-refractivity contribution >= 4 is 40.2 Å². The molecule has 1 fully saturated rings. The number of nitrogens with one attached hydrogen (secondary N) is 4. The van der Waals surface area contributed by atoms with Crippen LogP contribution in [0, 0.1) is 0 Å². The monoisotopic (exact) mass is 831 g/mol. The fraction of sp³-hybridized carbons (Fsp3) is 0.318. The maximum Gasteiger partial charge on any atom is 0.430 e. The average Bonchev–Trinajstić information content (AvgIpc) is 3.20. The van der Waals surface area contributed by atoms with E-state index in [1.165, 1.54) is 12.1 Å². The van der Waals surface area contributed by atoms with Gasteiger partial charge in [0.15, 0.2) is 0 Å². The highest BCUT2D eigenvalue weighted by Crippen LogP contribution is 2.31. The predicted octanol–water partition coefficient (Wildman–Crippen LogP) is 5.77. The number of carbonyl (C=O) groups is 3. The summed E-state index contributed by atoms with van der Waals surface area (Å²) >= 11 is 0. The Balaban J connectivity index is 0.000000896. The summed E-state index contributed by atoms with van der Waals surface area (Å²) < 4.78 is 38.3. The molecule has 318 valence electrons. The van der Waals surface area contributed by atoms with E-state index in [4.69, 9.17) is 14.6 Å². The number of amides is 2. The molecule has 5 aromatic rings. The van der Waals surface area contributed by atoms with Crippen molar-refractivity contribution in [3.05, 3.63) is 124 Å². The summed E-state index contributed by atoms with van der Waals surface area (Å²) in [6.45, 7) is 2.71. The third-order valence-corrected chi connectivity index (χ3v) is 10.1. The minimum absolute atomic E-state index is 0.0519. The maximum atomic E-state index is 12.9. The number of carboxylic acids is 1. The number of carboxylic acid groups (broad SMARTS) is 1. The van der Waals surface area contributed by atoms with Crippen molar-refractivity contribution in [3.63, 3.8) is 0 Å². The first kappa shape index (κ1) is 44.9. The molecule has 0 unspecified atom stereocenters. The number of anilines is 2. The second-order valence-corrected chi connectivity index (χ2v) is 15.2. The van der Waals surface area contributed by atoms with E-state index < -0.39 is 24.3 Å². The van der Waals surface area contributed by atoms with Crippen LogP contribution in [0.2, 0.25) is 0 Å². The van der Waals surface area contributed by atoms with E-state index in [2.05, 4.69) is 41.1 Å². The Hall–Kier alpha value is -6.23. The Morgan fingerprint density at radius 3 is 2.25 bits per heavy atom. The first-order valence-corrected chi connectivity index (χ1v) is 19.4. The van der Waals surface area contributed by atoms with E-state index in [1.54, 1.807) is 12.1 Å². The van der Waals surface area contributed by atoms with Crippen LogP contribution in [0.1, 0.15) is 48.5 Å². The average molecular weight is 832 g/mol. The number of aliphatic hydroxyl groups is 1. The van der Waals surface area contributed by atoms with Gasteiger partial charge >= 0.3 is 12.3 Å². The summed E-state index contributed by atoms with van der Waals surface area (Å²) in [5.41, 5.74) is 5.89. The fourth-order valence-electron chi connectivity index (χ4n) is 6.76. The van der Waals surface area contributed by atoms with Crippen molar-refractivity contribution in [1.82, 2.24) is 10.3 Å². The minimum atomic E-state index is -5.19. The molecule has 4 aromatic carbocycles. The largest absolute Gasteiger partial charge is 0.542 e. The summed E-state index contributed by atoms with van der Waals surface area (Å²) in [5.74, 6) is -3.13. The standard InChI is InChI=1S/C42H47N5O6.C2HF3O2/c1-47(2)23-21-32(22-24-47)53-42(52)45-36-18-13-28(25-35(36)30-8-4-3-5-9-30)7-6-10-39(50)44-31-14-11-29(12-15-31)26-43-27-38(49)33-16-19-37(48)41-34(33)17-20-40(51)46-41;3-2(4,5)1(6)7/h3-5,8-9,11-20,25,32,38,43,49H,6-7,10,21-24,26-27H2,1-2H3,(H3-,44,45,46,48,50,51,52);(H,6,7)/t38-;/m0./s1. The molecule has 1 aliphatic rings. The Labute approximate surface area is 344 Å². The van der Waals surface area contributed by atoms with Crippen LogP contribution in [-0.4, -0.2) is 83.7 Å². The molecule has 1 atom stereocenters. The molecule has 2 heterocycles. The van der Waals surface area contributed by atoms with Gasteiger partial charge in [-0.1, -0.05) is 54.6 Å². The van der Waals surface area contributed by atoms with Crippen LogP contribution in [0.5, 0.6) is 5.75 Å². The minimum Gasteiger partial charge on any atom is -0.542 e. The van der Waals surface area contributed by atoms with Gasteiger partial charge in [-0.3, -0.25) is 14.9 Å². The number of aromatic hydroxyl groups is 1. The smallest absolute Gasteiger partial charge is 0.430 e. The second kappa shape index (κ2) is 20.2. The molecule has 1 saturated heterocycles. The van der Waals surface area contributed by atoms with Crippen molar-refractivity contribution in [2.45, 2.75) is 57.0 Å². The van der Waals surface area contributed by atoms with Crippen molar-refractivity contribution < 1.29 is 52.1 Å². The van der Waals surface area contributed by atoms with Crippen molar-refractivity contribution in [1.29, 1.82) is 0 Å². The number of H-pyrrole nitrogens is 1. The number of aliphatic hydroxyl groups excluding tert-OH is 1. The highest BCUT2D eigenvalue weighted by atomic mass is 19.4. The number of aryl methyl sites for hydroxylation is 1. The number of hydrogen-bond acceptors (Lipinski definition) is 9. The summed E-state index contributed by atoms with van der Waals surface area (Å²) in [4.78, 5) is 48.8. The van der Waals surface area contributed by atoms with Crippen molar-refractivity contribution in [2.75, 3.05) is 44.4 Å². The molecule has 0 radical (unpaired) electrons. The highest BCUT2D eigenvalue weighted by Gasteiger charge is 2.29. The fourth-order valence-corrected chi connectivity index (χ4v) is 6.76. The van der Waals surface area contributed by atoms with Crippen molar-refractivity contribution in [3.8, 4) is 16.9 Å². The van der Waals surface area contributed by atoms with Crippen LogP contribution in [0.3, 0.4) is 0 Å². The maximum absolute atomic E-state index is 12.9. The Bertz CT molecular complexity index is 2310. The molecule has 6 N–H and O–H groups in total. The van der Waals surface area contributed by atoms with Gasteiger partial charge in [0, 0.05) is 55.1 Å². The molecule has 0 spiro atoms. The quantitative estimate of drug-likeness (QED) is 0.0800. The number of pyridine rings is 1. The molecule has 1 aromatic heterocycles. The Morgan fingerprint density at radius 2 is 1.58 bits per heavy atom. The van der Waals surface area contributed by atoms with E-state index in [-0.39, 0.29) is 29.9 Å². The molecule has 0 saturated carbocycles. The van der Waals surface area contributed by atoms with Crippen LogP contribution in [0.4, 0.5) is 29.3 Å². The highest BCUT2D eigenvalue weighted by molar-refractivity contribution is 5.92. The summed E-state index contributed by atoms with van der Waals surface area (Å²) in [7, 11) is 4.39. The van der Waals surface area contributed by atoms with E-state index in [1.807, 2.05) is 66.7 Å². The molecule has 0 aliphatic carbocycles. The number of aliphatic carboxylic acids is 1. The number of rotatable bonds is 13. The van der Waals surface area contributed by atoms with Crippen molar-refractivity contribution in [2.24, 2.45) is 0 Å². The number of quaternary nitrogens is 1. The molecule has 2 amide bonds. The number of phenols is 1. The zero-order chi connectivity index (χ0) is 43.5. The van der Waals surface area contributed by atoms with Crippen LogP contribution in [-0.2, 0) is 27.3 Å². The molecule has 0 bridgehead atoms. The van der Waals surface area contributed by atoms with E-state index in [0.717, 1.165) is 52.7 Å². The molecular formula is C44H48F3N5O8. The number of alkyl halides is 3. The number of benzene rings is 4. The molecular weight excluding hydrogens is 784 g/mol. The number of carbonyl (C=O) groups excluding carboxylic acids is 3. The summed E-state index contributed by atoms with van der Waals surface area (Å²) in [6, 6.07) is 29.5. The number of aromatic nitrogens is 1. The molecule has 6 rings (SSSR count). The van der Waals surface area contributed by atoms with Crippen LogP contribution in [0.15, 0.2) is 102 Å². The third-order valence-electron chi connectivity index (χ3n) is 10.1.